The molecule has 0 heterocycles. The van der Waals surface area contributed by atoms with E-state index in [1.54, 1.807) is 7.11 Å². The van der Waals surface area contributed by atoms with Crippen molar-refractivity contribution in [3.05, 3.63) is 29.3 Å². The van der Waals surface area contributed by atoms with E-state index in [9.17, 15) is 0 Å². The lowest BCUT2D eigenvalue weighted by molar-refractivity contribution is 0.264. The summed E-state index contributed by atoms with van der Waals surface area (Å²) in [4.78, 5) is 0. The molecule has 0 aromatic heterocycles. The van der Waals surface area contributed by atoms with Gasteiger partial charge in [0.05, 0.1) is 7.11 Å². The molecule has 1 aliphatic carbocycles. The van der Waals surface area contributed by atoms with Gasteiger partial charge in [-0.2, -0.15) is 0 Å². The molecule has 82 valence electrons. The molecule has 1 atom stereocenters. The van der Waals surface area contributed by atoms with E-state index in [0.29, 0.717) is 5.92 Å². The minimum absolute atomic E-state index is 0.188. The normalized spacial score (nSPS) is 18.3. The minimum Gasteiger partial charge on any atom is -0.496 e. The maximum absolute atomic E-state index is 6.22. The number of nitrogens with two attached hydrogens (primary N) is 1. The van der Waals surface area contributed by atoms with Crippen LogP contribution in [0.5, 0.6) is 5.75 Å². The zero-order valence-corrected chi connectivity index (χ0v) is 9.49. The van der Waals surface area contributed by atoms with Gasteiger partial charge >= 0.3 is 0 Å². The third kappa shape index (κ3) is 2.00. The molecule has 15 heavy (non-hydrogen) atoms. The van der Waals surface area contributed by atoms with Crippen LogP contribution < -0.4 is 10.5 Å². The van der Waals surface area contributed by atoms with Crippen LogP contribution in [-0.4, -0.2) is 7.11 Å². The molecule has 2 rings (SSSR count). The molecular formula is C13H19NO. The van der Waals surface area contributed by atoms with E-state index in [4.69, 9.17) is 10.5 Å². The van der Waals surface area contributed by atoms with Crippen molar-refractivity contribution >= 4 is 0 Å². The molecule has 2 heteroatoms. The highest BCUT2D eigenvalue weighted by atomic mass is 16.5. The summed E-state index contributed by atoms with van der Waals surface area (Å²) in [6, 6.07) is 6.49. The van der Waals surface area contributed by atoms with Crippen molar-refractivity contribution in [2.75, 3.05) is 7.11 Å². The molecule has 1 saturated carbocycles. The smallest absolute Gasteiger partial charge is 0.122 e. The van der Waals surface area contributed by atoms with Crippen molar-refractivity contribution in [2.45, 2.75) is 32.2 Å². The average Bonchev–Trinajstić information content (AvgIpc) is 2.15. The third-order valence-electron chi connectivity index (χ3n) is 3.47. The molecule has 1 fully saturated rings. The van der Waals surface area contributed by atoms with Gasteiger partial charge in [-0.3, -0.25) is 0 Å². The van der Waals surface area contributed by atoms with Gasteiger partial charge in [-0.1, -0.05) is 18.6 Å². The van der Waals surface area contributed by atoms with E-state index in [1.165, 1.54) is 30.4 Å². The largest absolute Gasteiger partial charge is 0.496 e. The van der Waals surface area contributed by atoms with Gasteiger partial charge in [-0.15, -0.1) is 0 Å². The summed E-state index contributed by atoms with van der Waals surface area (Å²) in [6.45, 7) is 2.05. The summed E-state index contributed by atoms with van der Waals surface area (Å²) in [7, 11) is 1.71. The van der Waals surface area contributed by atoms with E-state index in [-0.39, 0.29) is 6.04 Å². The highest BCUT2D eigenvalue weighted by Gasteiger charge is 2.25. The van der Waals surface area contributed by atoms with Crippen LogP contribution in [0.15, 0.2) is 18.2 Å². The lowest BCUT2D eigenvalue weighted by atomic mass is 9.77. The van der Waals surface area contributed by atoms with Gasteiger partial charge in [0.2, 0.25) is 0 Å². The number of ether oxygens (including phenoxy) is 1. The van der Waals surface area contributed by atoms with Gasteiger partial charge in [0, 0.05) is 6.04 Å². The summed E-state index contributed by atoms with van der Waals surface area (Å²) >= 11 is 0. The first-order chi connectivity index (χ1) is 7.22. The lowest BCUT2D eigenvalue weighted by Gasteiger charge is -2.31. The Morgan fingerprint density at radius 2 is 2.13 bits per heavy atom. The van der Waals surface area contributed by atoms with Crippen LogP contribution in [0, 0.1) is 12.8 Å². The number of methoxy groups -OCH3 is 1. The second-order valence-corrected chi connectivity index (χ2v) is 4.45. The number of hydrogen-bond acceptors (Lipinski definition) is 2. The number of hydrogen-bond donors (Lipinski definition) is 1. The van der Waals surface area contributed by atoms with E-state index >= 15 is 0 Å². The van der Waals surface area contributed by atoms with Crippen molar-refractivity contribution in [2.24, 2.45) is 11.7 Å². The second kappa shape index (κ2) is 4.23. The van der Waals surface area contributed by atoms with Crippen molar-refractivity contribution in [3.63, 3.8) is 0 Å². The van der Waals surface area contributed by atoms with Gasteiger partial charge in [0.15, 0.2) is 0 Å². The van der Waals surface area contributed by atoms with Crippen LogP contribution in [0.3, 0.4) is 0 Å². The summed E-state index contributed by atoms with van der Waals surface area (Å²) in [5.41, 5.74) is 8.60. The van der Waals surface area contributed by atoms with Crippen molar-refractivity contribution in [3.8, 4) is 5.75 Å². The van der Waals surface area contributed by atoms with Crippen LogP contribution in [0.1, 0.15) is 36.4 Å². The van der Waals surface area contributed by atoms with Gasteiger partial charge in [0.1, 0.15) is 5.75 Å². The van der Waals surface area contributed by atoms with E-state index in [2.05, 4.69) is 25.1 Å². The standard InChI is InChI=1S/C13H19NO/c1-9-6-7-11(8-12(9)15-2)13(14)10-4-3-5-10/h6-8,10,13H,3-5,14H2,1-2H3. The van der Waals surface area contributed by atoms with Gasteiger partial charge in [-0.25, -0.2) is 0 Å². The Balaban J connectivity index is 2.20. The van der Waals surface area contributed by atoms with Crippen LogP contribution in [0.25, 0.3) is 0 Å². The predicted octanol–water partition coefficient (Wildman–Crippen LogP) is 2.80. The third-order valence-corrected chi connectivity index (χ3v) is 3.47. The molecule has 0 aliphatic heterocycles. The predicted molar refractivity (Wildman–Crippen MR) is 62.0 cm³/mol. The minimum atomic E-state index is 0.188. The highest BCUT2D eigenvalue weighted by molar-refractivity contribution is 5.38. The molecule has 1 aliphatic rings. The van der Waals surface area contributed by atoms with Crippen LogP contribution >= 0.6 is 0 Å². The summed E-state index contributed by atoms with van der Waals surface area (Å²) in [5.74, 6) is 1.62. The van der Waals surface area contributed by atoms with E-state index < -0.39 is 0 Å². The zero-order valence-electron chi connectivity index (χ0n) is 9.49. The van der Waals surface area contributed by atoms with Crippen molar-refractivity contribution in [1.29, 1.82) is 0 Å². The van der Waals surface area contributed by atoms with Crippen LogP contribution in [0.2, 0.25) is 0 Å². The van der Waals surface area contributed by atoms with Gasteiger partial charge in [0.25, 0.3) is 0 Å². The Morgan fingerprint density at radius 3 is 2.67 bits per heavy atom. The molecule has 0 spiro atoms. The van der Waals surface area contributed by atoms with Gasteiger partial charge < -0.3 is 10.5 Å². The number of aryl methyl sites for hydroxylation is 1. The van der Waals surface area contributed by atoms with Crippen LogP contribution in [-0.2, 0) is 0 Å². The monoisotopic (exact) mass is 205 g/mol. The molecule has 2 nitrogen and oxygen atoms in total. The lowest BCUT2D eigenvalue weighted by Crippen LogP contribution is -2.26. The molecule has 0 amide bonds. The quantitative estimate of drug-likeness (QED) is 0.823. The fourth-order valence-corrected chi connectivity index (χ4v) is 2.12. The Bertz CT molecular complexity index is 344. The van der Waals surface area contributed by atoms with Crippen LogP contribution in [0.4, 0.5) is 0 Å². The zero-order chi connectivity index (χ0) is 10.8. The SMILES string of the molecule is COc1cc(C(N)C2CCC2)ccc1C. The topological polar surface area (TPSA) is 35.2 Å². The summed E-state index contributed by atoms with van der Waals surface area (Å²) < 4.78 is 5.31. The Hall–Kier alpha value is -1.02. The highest BCUT2D eigenvalue weighted by Crippen LogP contribution is 2.37. The first kappa shape index (κ1) is 10.5. The molecule has 1 aromatic carbocycles. The maximum Gasteiger partial charge on any atom is 0.122 e. The van der Waals surface area contributed by atoms with Gasteiger partial charge in [-0.05, 0) is 42.9 Å². The first-order valence-electron chi connectivity index (χ1n) is 5.62. The fraction of sp³-hybridized carbons (Fsp3) is 0.538. The molecule has 0 radical (unpaired) electrons. The number of benzene rings is 1. The van der Waals surface area contributed by atoms with Crippen molar-refractivity contribution in [1.82, 2.24) is 0 Å². The molecule has 0 bridgehead atoms. The molecule has 2 N–H and O–H groups in total. The molecule has 0 saturated heterocycles. The molecule has 1 aromatic rings. The average molecular weight is 205 g/mol. The van der Waals surface area contributed by atoms with Crippen molar-refractivity contribution < 1.29 is 4.74 Å². The molecule has 1 unspecified atom stereocenters. The summed E-state index contributed by atoms with van der Waals surface area (Å²) in [5, 5.41) is 0. The second-order valence-electron chi connectivity index (χ2n) is 4.45. The van der Waals surface area contributed by atoms with E-state index in [0.717, 1.165) is 5.75 Å². The maximum atomic E-state index is 6.22. The Kier molecular flexibility index (Phi) is 2.96. The fourth-order valence-electron chi connectivity index (χ4n) is 2.12. The molecular weight excluding hydrogens is 186 g/mol. The number of rotatable bonds is 3. The Morgan fingerprint density at radius 1 is 1.40 bits per heavy atom. The summed E-state index contributed by atoms with van der Waals surface area (Å²) in [6.07, 6.45) is 3.89. The Labute approximate surface area is 91.4 Å². The first-order valence-corrected chi connectivity index (χ1v) is 5.62. The van der Waals surface area contributed by atoms with E-state index in [1.807, 2.05) is 0 Å².